The molecular weight excluding hydrogens is 374 g/mol. The zero-order valence-corrected chi connectivity index (χ0v) is 16.4. The number of carbonyl (C=O) groups is 1. The Kier molecular flexibility index (Phi) is 5.03. The SMILES string of the molecule is Cc1ccc(OCC(=O)NCc2ccc(-c3nn4cnnc4s3)cc2)c(C)c1. The summed E-state index contributed by atoms with van der Waals surface area (Å²) in [5.41, 5.74) is 4.20. The Morgan fingerprint density at radius 2 is 2.00 bits per heavy atom. The van der Waals surface area contributed by atoms with Gasteiger partial charge in [0, 0.05) is 12.1 Å². The molecule has 2 aromatic heterocycles. The number of hydrogen-bond acceptors (Lipinski definition) is 6. The molecule has 0 saturated heterocycles. The predicted molar refractivity (Wildman–Crippen MR) is 107 cm³/mol. The van der Waals surface area contributed by atoms with Crippen molar-refractivity contribution in [3.8, 4) is 16.3 Å². The van der Waals surface area contributed by atoms with Crippen LogP contribution in [-0.2, 0) is 11.3 Å². The van der Waals surface area contributed by atoms with Gasteiger partial charge in [0.05, 0.1) is 0 Å². The van der Waals surface area contributed by atoms with Crippen LogP contribution in [0.3, 0.4) is 0 Å². The molecule has 1 amide bonds. The highest BCUT2D eigenvalue weighted by Gasteiger charge is 2.08. The molecule has 0 fully saturated rings. The van der Waals surface area contributed by atoms with Crippen molar-refractivity contribution in [3.63, 3.8) is 0 Å². The van der Waals surface area contributed by atoms with Crippen LogP contribution in [0.5, 0.6) is 5.75 Å². The van der Waals surface area contributed by atoms with Crippen LogP contribution in [0.25, 0.3) is 15.5 Å². The zero-order chi connectivity index (χ0) is 19.5. The minimum Gasteiger partial charge on any atom is -0.484 e. The molecule has 7 nitrogen and oxygen atoms in total. The summed E-state index contributed by atoms with van der Waals surface area (Å²) in [7, 11) is 0. The van der Waals surface area contributed by atoms with Crippen molar-refractivity contribution in [2.24, 2.45) is 0 Å². The predicted octanol–water partition coefficient (Wildman–Crippen LogP) is 3.16. The summed E-state index contributed by atoms with van der Waals surface area (Å²) in [5, 5.41) is 16.0. The van der Waals surface area contributed by atoms with Crippen LogP contribution in [0.1, 0.15) is 16.7 Å². The second kappa shape index (κ2) is 7.77. The molecule has 0 atom stereocenters. The van der Waals surface area contributed by atoms with E-state index < -0.39 is 0 Å². The maximum Gasteiger partial charge on any atom is 0.258 e. The van der Waals surface area contributed by atoms with Crippen LogP contribution in [0.4, 0.5) is 0 Å². The molecule has 0 spiro atoms. The molecule has 0 saturated carbocycles. The first kappa shape index (κ1) is 18.1. The summed E-state index contributed by atoms with van der Waals surface area (Å²) >= 11 is 1.48. The first-order valence-corrected chi connectivity index (χ1v) is 9.63. The Labute approximate surface area is 166 Å². The Morgan fingerprint density at radius 1 is 1.18 bits per heavy atom. The van der Waals surface area contributed by atoms with Gasteiger partial charge < -0.3 is 10.1 Å². The third kappa shape index (κ3) is 4.01. The summed E-state index contributed by atoms with van der Waals surface area (Å²) in [6, 6.07) is 13.8. The van der Waals surface area contributed by atoms with Gasteiger partial charge in [-0.3, -0.25) is 4.79 Å². The van der Waals surface area contributed by atoms with E-state index in [-0.39, 0.29) is 12.5 Å². The van der Waals surface area contributed by atoms with E-state index in [0.29, 0.717) is 6.54 Å². The Bertz CT molecular complexity index is 1090. The molecule has 0 bridgehead atoms. The van der Waals surface area contributed by atoms with Gasteiger partial charge in [-0.15, -0.1) is 10.2 Å². The van der Waals surface area contributed by atoms with Gasteiger partial charge in [0.25, 0.3) is 5.91 Å². The van der Waals surface area contributed by atoms with Gasteiger partial charge in [-0.05, 0) is 31.0 Å². The van der Waals surface area contributed by atoms with Crippen LogP contribution in [0, 0.1) is 13.8 Å². The minimum absolute atomic E-state index is 0.00503. The van der Waals surface area contributed by atoms with Gasteiger partial charge in [-0.2, -0.15) is 9.61 Å². The molecule has 4 rings (SSSR count). The summed E-state index contributed by atoms with van der Waals surface area (Å²) in [6.45, 7) is 4.44. The van der Waals surface area contributed by atoms with E-state index in [1.807, 2.05) is 56.3 Å². The quantitative estimate of drug-likeness (QED) is 0.544. The summed E-state index contributed by atoms with van der Waals surface area (Å²) < 4.78 is 7.26. The van der Waals surface area contributed by atoms with Crippen LogP contribution >= 0.6 is 11.3 Å². The molecule has 0 radical (unpaired) electrons. The normalized spacial score (nSPS) is 10.9. The number of aromatic nitrogens is 4. The first-order valence-electron chi connectivity index (χ1n) is 8.81. The van der Waals surface area contributed by atoms with Crippen molar-refractivity contribution in [3.05, 3.63) is 65.5 Å². The van der Waals surface area contributed by atoms with Crippen molar-refractivity contribution in [1.29, 1.82) is 0 Å². The number of hydrogen-bond donors (Lipinski definition) is 1. The summed E-state index contributed by atoms with van der Waals surface area (Å²) in [6.07, 6.45) is 1.58. The monoisotopic (exact) mass is 393 g/mol. The van der Waals surface area contributed by atoms with E-state index >= 15 is 0 Å². The lowest BCUT2D eigenvalue weighted by Crippen LogP contribution is -2.28. The van der Waals surface area contributed by atoms with E-state index in [1.54, 1.807) is 10.8 Å². The first-order chi connectivity index (χ1) is 13.6. The topological polar surface area (TPSA) is 81.4 Å². The van der Waals surface area contributed by atoms with Gasteiger partial charge in [-0.25, -0.2) is 0 Å². The molecule has 1 N–H and O–H groups in total. The van der Waals surface area contributed by atoms with Gasteiger partial charge in [0.2, 0.25) is 4.96 Å². The van der Waals surface area contributed by atoms with E-state index in [9.17, 15) is 4.79 Å². The number of ether oxygens (including phenoxy) is 1. The molecule has 0 unspecified atom stereocenters. The largest absolute Gasteiger partial charge is 0.484 e. The molecule has 28 heavy (non-hydrogen) atoms. The molecule has 8 heteroatoms. The Morgan fingerprint density at radius 3 is 2.75 bits per heavy atom. The van der Waals surface area contributed by atoms with Crippen molar-refractivity contribution in [1.82, 2.24) is 25.1 Å². The Hall–Kier alpha value is -3.26. The number of amides is 1. The average molecular weight is 393 g/mol. The maximum absolute atomic E-state index is 12.1. The molecule has 0 aliphatic carbocycles. The maximum atomic E-state index is 12.1. The van der Waals surface area contributed by atoms with Crippen LogP contribution in [-0.4, -0.2) is 32.3 Å². The molecule has 0 aliphatic rings. The highest BCUT2D eigenvalue weighted by atomic mass is 32.1. The van der Waals surface area contributed by atoms with E-state index in [0.717, 1.165) is 32.4 Å². The molecular formula is C20H19N5O2S. The number of rotatable bonds is 6. The number of fused-ring (bicyclic) bond motifs is 1. The zero-order valence-electron chi connectivity index (χ0n) is 15.5. The smallest absolute Gasteiger partial charge is 0.258 e. The minimum atomic E-state index is -0.155. The van der Waals surface area contributed by atoms with E-state index in [4.69, 9.17) is 4.74 Å². The van der Waals surface area contributed by atoms with E-state index in [2.05, 4.69) is 20.6 Å². The number of aryl methyl sites for hydroxylation is 2. The lowest BCUT2D eigenvalue weighted by molar-refractivity contribution is -0.123. The van der Waals surface area contributed by atoms with Crippen LogP contribution in [0.2, 0.25) is 0 Å². The fraction of sp³-hybridized carbons (Fsp3) is 0.200. The van der Waals surface area contributed by atoms with Crippen molar-refractivity contribution in [2.45, 2.75) is 20.4 Å². The second-order valence-electron chi connectivity index (χ2n) is 6.50. The molecule has 4 aromatic rings. The van der Waals surface area contributed by atoms with Gasteiger partial charge in [-0.1, -0.05) is 53.3 Å². The Balaban J connectivity index is 1.30. The number of nitrogens with one attached hydrogen (secondary N) is 1. The van der Waals surface area contributed by atoms with Crippen molar-refractivity contribution in [2.75, 3.05) is 6.61 Å². The highest BCUT2D eigenvalue weighted by molar-refractivity contribution is 7.19. The van der Waals surface area contributed by atoms with E-state index in [1.165, 1.54) is 16.9 Å². The summed E-state index contributed by atoms with van der Waals surface area (Å²) in [4.78, 5) is 12.8. The molecule has 2 heterocycles. The number of benzene rings is 2. The number of carbonyl (C=O) groups excluding carboxylic acids is 1. The third-order valence-corrected chi connectivity index (χ3v) is 5.23. The lowest BCUT2D eigenvalue weighted by Gasteiger charge is -2.10. The van der Waals surface area contributed by atoms with Crippen molar-refractivity contribution < 1.29 is 9.53 Å². The fourth-order valence-corrected chi connectivity index (χ4v) is 3.62. The lowest BCUT2D eigenvalue weighted by atomic mass is 10.1. The van der Waals surface area contributed by atoms with Gasteiger partial charge in [0.1, 0.15) is 17.1 Å². The van der Waals surface area contributed by atoms with Crippen LogP contribution < -0.4 is 10.1 Å². The third-order valence-electron chi connectivity index (χ3n) is 4.27. The summed E-state index contributed by atoms with van der Waals surface area (Å²) in [5.74, 6) is 0.577. The van der Waals surface area contributed by atoms with Crippen molar-refractivity contribution >= 4 is 22.2 Å². The van der Waals surface area contributed by atoms with Gasteiger partial charge >= 0.3 is 0 Å². The second-order valence-corrected chi connectivity index (χ2v) is 7.45. The highest BCUT2D eigenvalue weighted by Crippen LogP contribution is 2.24. The molecule has 142 valence electrons. The molecule has 0 aliphatic heterocycles. The van der Waals surface area contributed by atoms with Gasteiger partial charge in [0.15, 0.2) is 6.61 Å². The number of nitrogens with zero attached hydrogens (tertiary/aromatic N) is 4. The molecule has 2 aromatic carbocycles. The average Bonchev–Trinajstić information content (AvgIpc) is 3.28. The standard InChI is InChI=1S/C20H19N5O2S/c1-13-3-8-17(14(2)9-13)27-11-18(26)21-10-15-4-6-16(7-5-15)19-24-25-12-22-23-20(25)28-19/h3-9,12H,10-11H2,1-2H3,(H,21,26). The fourth-order valence-electron chi connectivity index (χ4n) is 2.80. The van der Waals surface area contributed by atoms with Crippen LogP contribution in [0.15, 0.2) is 48.8 Å².